The molecule has 1 aromatic rings. The molecule has 5 nitrogen and oxygen atoms in total. The molecule has 0 amide bonds. The topological polar surface area (TPSA) is 59.0 Å². The van der Waals surface area contributed by atoms with Crippen LogP contribution < -0.4 is 14.4 Å². The van der Waals surface area contributed by atoms with Gasteiger partial charge in [-0.25, -0.2) is 0 Å². The number of ether oxygens (including phenoxy) is 2. The second-order valence-corrected chi connectivity index (χ2v) is 4.93. The first kappa shape index (κ1) is 14.5. The van der Waals surface area contributed by atoms with Crippen LogP contribution in [0.2, 0.25) is 0 Å². The van der Waals surface area contributed by atoms with Gasteiger partial charge in [0.25, 0.3) is 0 Å². The van der Waals surface area contributed by atoms with E-state index in [1.807, 2.05) is 12.1 Å². The van der Waals surface area contributed by atoms with Crippen molar-refractivity contribution in [2.75, 3.05) is 32.2 Å². The molecule has 0 radical (unpaired) electrons. The highest BCUT2D eigenvalue weighted by molar-refractivity contribution is 5.68. The summed E-state index contributed by atoms with van der Waals surface area (Å²) in [6.07, 6.45) is 2.91. The SMILES string of the molecule is COc1cc(N2CCCC2)cc(CCC(=O)O)c1OC. The Morgan fingerprint density at radius 3 is 2.50 bits per heavy atom. The van der Waals surface area contributed by atoms with Gasteiger partial charge in [-0.1, -0.05) is 0 Å². The quantitative estimate of drug-likeness (QED) is 0.866. The minimum Gasteiger partial charge on any atom is -0.493 e. The van der Waals surface area contributed by atoms with Gasteiger partial charge in [0.2, 0.25) is 0 Å². The highest BCUT2D eigenvalue weighted by Gasteiger charge is 2.18. The molecule has 2 rings (SSSR count). The van der Waals surface area contributed by atoms with Crippen LogP contribution in [0.5, 0.6) is 11.5 Å². The fourth-order valence-corrected chi connectivity index (χ4v) is 2.61. The van der Waals surface area contributed by atoms with Crippen LogP contribution in [0.25, 0.3) is 0 Å². The van der Waals surface area contributed by atoms with E-state index in [0.717, 1.165) is 24.3 Å². The van der Waals surface area contributed by atoms with Crippen molar-refractivity contribution in [2.45, 2.75) is 25.7 Å². The number of rotatable bonds is 6. The van der Waals surface area contributed by atoms with Crippen LogP contribution in [0.15, 0.2) is 12.1 Å². The van der Waals surface area contributed by atoms with Crippen molar-refractivity contribution in [3.63, 3.8) is 0 Å². The number of aryl methyl sites for hydroxylation is 1. The third-order valence-electron chi connectivity index (χ3n) is 3.62. The monoisotopic (exact) mass is 279 g/mol. The highest BCUT2D eigenvalue weighted by Crippen LogP contribution is 2.37. The smallest absolute Gasteiger partial charge is 0.303 e. The predicted octanol–water partition coefficient (Wildman–Crippen LogP) is 2.32. The number of carboxylic acids is 1. The van der Waals surface area contributed by atoms with Gasteiger partial charge in [-0.15, -0.1) is 0 Å². The Morgan fingerprint density at radius 1 is 1.25 bits per heavy atom. The summed E-state index contributed by atoms with van der Waals surface area (Å²) < 4.78 is 10.8. The average Bonchev–Trinajstić information content (AvgIpc) is 2.97. The van der Waals surface area contributed by atoms with Crippen LogP contribution in [0.1, 0.15) is 24.8 Å². The van der Waals surface area contributed by atoms with Crippen molar-refractivity contribution in [2.24, 2.45) is 0 Å². The number of hydrogen-bond donors (Lipinski definition) is 1. The molecule has 1 aromatic carbocycles. The Labute approximate surface area is 119 Å². The number of hydrogen-bond acceptors (Lipinski definition) is 4. The number of carbonyl (C=O) groups is 1. The van der Waals surface area contributed by atoms with Crippen LogP contribution in [0.3, 0.4) is 0 Å². The van der Waals surface area contributed by atoms with E-state index in [9.17, 15) is 4.79 Å². The molecule has 1 aliphatic rings. The lowest BCUT2D eigenvalue weighted by Gasteiger charge is -2.21. The minimum atomic E-state index is -0.808. The summed E-state index contributed by atoms with van der Waals surface area (Å²) in [4.78, 5) is 13.1. The first-order valence-electron chi connectivity index (χ1n) is 6.87. The summed E-state index contributed by atoms with van der Waals surface area (Å²) in [5, 5.41) is 8.86. The van der Waals surface area contributed by atoms with Crippen molar-refractivity contribution in [1.29, 1.82) is 0 Å². The molecule has 1 heterocycles. The number of carboxylic acid groups (broad SMARTS) is 1. The Balaban J connectivity index is 2.34. The molecule has 1 fully saturated rings. The van der Waals surface area contributed by atoms with Crippen LogP contribution in [-0.2, 0) is 11.2 Å². The molecule has 1 saturated heterocycles. The zero-order chi connectivity index (χ0) is 14.5. The molecule has 0 unspecified atom stereocenters. The number of anilines is 1. The van der Waals surface area contributed by atoms with Crippen LogP contribution in [0, 0.1) is 0 Å². The number of benzene rings is 1. The molecule has 0 atom stereocenters. The Bertz CT molecular complexity index is 481. The molecule has 0 bridgehead atoms. The van der Waals surface area contributed by atoms with Gasteiger partial charge in [0, 0.05) is 36.8 Å². The summed E-state index contributed by atoms with van der Waals surface area (Å²) in [6.45, 7) is 2.07. The van der Waals surface area contributed by atoms with E-state index < -0.39 is 5.97 Å². The highest BCUT2D eigenvalue weighted by atomic mass is 16.5. The van der Waals surface area contributed by atoms with E-state index in [-0.39, 0.29) is 6.42 Å². The summed E-state index contributed by atoms with van der Waals surface area (Å²) >= 11 is 0. The molecule has 0 aromatic heterocycles. The van der Waals surface area contributed by atoms with E-state index in [2.05, 4.69) is 4.90 Å². The lowest BCUT2D eigenvalue weighted by Crippen LogP contribution is -2.18. The van der Waals surface area contributed by atoms with Gasteiger partial charge in [0.1, 0.15) is 0 Å². The average molecular weight is 279 g/mol. The molecule has 0 spiro atoms. The van der Waals surface area contributed by atoms with Gasteiger partial charge < -0.3 is 19.5 Å². The van der Waals surface area contributed by atoms with E-state index in [1.165, 1.54) is 12.8 Å². The lowest BCUT2D eigenvalue weighted by atomic mass is 10.1. The Kier molecular flexibility index (Phi) is 4.71. The second-order valence-electron chi connectivity index (χ2n) is 4.93. The maximum absolute atomic E-state index is 10.8. The van der Waals surface area contributed by atoms with Gasteiger partial charge >= 0.3 is 5.97 Å². The molecular formula is C15H21NO4. The first-order chi connectivity index (χ1) is 9.65. The van der Waals surface area contributed by atoms with Crippen molar-refractivity contribution in [1.82, 2.24) is 0 Å². The molecule has 5 heteroatoms. The van der Waals surface area contributed by atoms with Gasteiger partial charge in [0.15, 0.2) is 11.5 Å². The van der Waals surface area contributed by atoms with Crippen LogP contribution in [0.4, 0.5) is 5.69 Å². The third-order valence-corrected chi connectivity index (χ3v) is 3.62. The van der Waals surface area contributed by atoms with Gasteiger partial charge in [-0.05, 0) is 25.3 Å². The molecule has 20 heavy (non-hydrogen) atoms. The minimum absolute atomic E-state index is 0.0863. The normalized spacial score (nSPS) is 14.4. The zero-order valence-electron chi connectivity index (χ0n) is 12.0. The first-order valence-corrected chi connectivity index (χ1v) is 6.87. The molecule has 1 aliphatic heterocycles. The van der Waals surface area contributed by atoms with Crippen LogP contribution in [-0.4, -0.2) is 38.4 Å². The second kappa shape index (κ2) is 6.50. The van der Waals surface area contributed by atoms with Crippen LogP contribution >= 0.6 is 0 Å². The van der Waals surface area contributed by atoms with Crippen molar-refractivity contribution in [3.05, 3.63) is 17.7 Å². The zero-order valence-corrected chi connectivity index (χ0v) is 12.0. The van der Waals surface area contributed by atoms with Crippen molar-refractivity contribution >= 4 is 11.7 Å². The third kappa shape index (κ3) is 3.15. The summed E-state index contributed by atoms with van der Waals surface area (Å²) in [7, 11) is 3.18. The number of aliphatic carboxylic acids is 1. The van der Waals surface area contributed by atoms with Gasteiger partial charge in [-0.3, -0.25) is 4.79 Å². The van der Waals surface area contributed by atoms with Gasteiger partial charge in [0.05, 0.1) is 14.2 Å². The van der Waals surface area contributed by atoms with Crippen molar-refractivity contribution < 1.29 is 19.4 Å². The lowest BCUT2D eigenvalue weighted by molar-refractivity contribution is -0.136. The fourth-order valence-electron chi connectivity index (χ4n) is 2.61. The van der Waals surface area contributed by atoms with Crippen molar-refractivity contribution in [3.8, 4) is 11.5 Å². The van der Waals surface area contributed by atoms with E-state index in [1.54, 1.807) is 14.2 Å². The van der Waals surface area contributed by atoms with E-state index >= 15 is 0 Å². The predicted molar refractivity (Wildman–Crippen MR) is 76.9 cm³/mol. The summed E-state index contributed by atoms with van der Waals surface area (Å²) in [5.74, 6) is 0.492. The summed E-state index contributed by atoms with van der Waals surface area (Å²) in [6, 6.07) is 3.99. The maximum atomic E-state index is 10.8. The Morgan fingerprint density at radius 2 is 1.95 bits per heavy atom. The molecule has 110 valence electrons. The van der Waals surface area contributed by atoms with E-state index in [0.29, 0.717) is 17.9 Å². The number of nitrogens with zero attached hydrogens (tertiary/aromatic N) is 1. The van der Waals surface area contributed by atoms with E-state index in [4.69, 9.17) is 14.6 Å². The molecule has 1 N–H and O–H groups in total. The maximum Gasteiger partial charge on any atom is 0.303 e. The number of methoxy groups -OCH3 is 2. The standard InChI is InChI=1S/C15H21NO4/c1-19-13-10-12(16-7-3-4-8-16)9-11(15(13)20-2)5-6-14(17)18/h9-10H,3-8H2,1-2H3,(H,17,18). The molecular weight excluding hydrogens is 258 g/mol. The largest absolute Gasteiger partial charge is 0.493 e. The Hall–Kier alpha value is -1.91. The van der Waals surface area contributed by atoms with Gasteiger partial charge in [-0.2, -0.15) is 0 Å². The molecule has 0 aliphatic carbocycles. The molecule has 0 saturated carbocycles. The fraction of sp³-hybridized carbons (Fsp3) is 0.533. The summed E-state index contributed by atoms with van der Waals surface area (Å²) in [5.41, 5.74) is 1.97.